The van der Waals surface area contributed by atoms with Gasteiger partial charge < -0.3 is 4.57 Å². The molecule has 0 aliphatic rings. The smallest absolute Gasteiger partial charge is 0.0948 e. The lowest BCUT2D eigenvalue weighted by Gasteiger charge is -2.02. The van der Waals surface area contributed by atoms with E-state index >= 15 is 0 Å². The number of aromatic nitrogens is 2. The largest absolute Gasteiger partial charge is 0.335 e. The van der Waals surface area contributed by atoms with Gasteiger partial charge in [0.25, 0.3) is 0 Å². The van der Waals surface area contributed by atoms with Gasteiger partial charge in [0.1, 0.15) is 0 Å². The van der Waals surface area contributed by atoms with Gasteiger partial charge in [-0.15, -0.1) is 12.4 Å². The second kappa shape index (κ2) is 3.51. The summed E-state index contributed by atoms with van der Waals surface area (Å²) in [5.74, 6) is 0. The van der Waals surface area contributed by atoms with E-state index in [1.165, 1.54) is 0 Å². The first-order chi connectivity index (χ1) is 3.80. The lowest BCUT2D eigenvalue weighted by Crippen LogP contribution is -1.95. The highest BCUT2D eigenvalue weighted by Gasteiger charge is 1.90. The van der Waals surface area contributed by atoms with E-state index in [0.29, 0.717) is 6.04 Å². The third-order valence-corrected chi connectivity index (χ3v) is 1.12. The minimum absolute atomic E-state index is 0. The first kappa shape index (κ1) is 8.50. The minimum atomic E-state index is 0. The second-order valence-electron chi connectivity index (χ2n) is 2.10. The molecule has 0 aliphatic carbocycles. The third kappa shape index (κ3) is 2.06. The molecule has 1 rings (SSSR count). The number of imidazole rings is 1. The van der Waals surface area contributed by atoms with Gasteiger partial charge in [0, 0.05) is 18.4 Å². The fourth-order valence-corrected chi connectivity index (χ4v) is 0.575. The van der Waals surface area contributed by atoms with Gasteiger partial charge in [0.15, 0.2) is 0 Å². The Hall–Kier alpha value is -0.500. The van der Waals surface area contributed by atoms with Crippen LogP contribution in [0.3, 0.4) is 0 Å². The van der Waals surface area contributed by atoms with Gasteiger partial charge in [-0.3, -0.25) is 0 Å². The summed E-state index contributed by atoms with van der Waals surface area (Å²) in [4.78, 5) is 3.91. The molecular weight excluding hydrogens is 136 g/mol. The van der Waals surface area contributed by atoms with Crippen LogP contribution in [0.4, 0.5) is 0 Å². The fraction of sp³-hybridized carbons (Fsp3) is 0.500. The molecule has 0 aromatic carbocycles. The van der Waals surface area contributed by atoms with E-state index in [1.807, 2.05) is 12.5 Å². The van der Waals surface area contributed by atoms with Gasteiger partial charge in [-0.25, -0.2) is 4.98 Å². The van der Waals surface area contributed by atoms with Crippen molar-refractivity contribution in [3.05, 3.63) is 18.7 Å². The molecule has 1 aromatic rings. The van der Waals surface area contributed by atoms with E-state index in [4.69, 9.17) is 0 Å². The quantitative estimate of drug-likeness (QED) is 0.592. The highest BCUT2D eigenvalue weighted by atomic mass is 35.5. The van der Waals surface area contributed by atoms with Crippen molar-refractivity contribution in [1.82, 2.24) is 9.55 Å². The van der Waals surface area contributed by atoms with Crippen LogP contribution in [-0.2, 0) is 0 Å². The van der Waals surface area contributed by atoms with Crippen LogP contribution < -0.4 is 0 Å². The zero-order valence-corrected chi connectivity index (χ0v) is 6.43. The Morgan fingerprint density at radius 2 is 2.11 bits per heavy atom. The van der Waals surface area contributed by atoms with E-state index in [1.54, 1.807) is 6.20 Å². The van der Waals surface area contributed by atoms with Crippen LogP contribution in [0.5, 0.6) is 0 Å². The van der Waals surface area contributed by atoms with Crippen molar-refractivity contribution in [2.75, 3.05) is 0 Å². The molecule has 0 saturated heterocycles. The lowest BCUT2D eigenvalue weighted by molar-refractivity contribution is 0.600. The molecule has 3 heteroatoms. The molecule has 52 valence electrons. The van der Waals surface area contributed by atoms with E-state index in [-0.39, 0.29) is 12.4 Å². The predicted molar refractivity (Wildman–Crippen MR) is 39.9 cm³/mol. The highest BCUT2D eigenvalue weighted by Crippen LogP contribution is 1.99. The van der Waals surface area contributed by atoms with Crippen LogP contribution in [0, 0.1) is 0 Å². The van der Waals surface area contributed by atoms with Crippen LogP contribution in [0.1, 0.15) is 19.9 Å². The van der Waals surface area contributed by atoms with E-state index < -0.39 is 0 Å². The van der Waals surface area contributed by atoms with Gasteiger partial charge >= 0.3 is 0 Å². The summed E-state index contributed by atoms with van der Waals surface area (Å²) in [6, 6.07) is 0.539. The normalized spacial score (nSPS) is 9.22. The van der Waals surface area contributed by atoms with Crippen molar-refractivity contribution in [2.45, 2.75) is 19.9 Å². The van der Waals surface area contributed by atoms with Crippen LogP contribution >= 0.6 is 12.4 Å². The maximum absolute atomic E-state index is 3.91. The Morgan fingerprint density at radius 1 is 1.44 bits per heavy atom. The lowest BCUT2D eigenvalue weighted by atomic mass is 10.4. The summed E-state index contributed by atoms with van der Waals surface area (Å²) in [6.45, 7) is 4.25. The number of nitrogens with zero attached hydrogens (tertiary/aromatic N) is 2. The second-order valence-corrected chi connectivity index (χ2v) is 2.10. The van der Waals surface area contributed by atoms with Crippen molar-refractivity contribution >= 4 is 12.4 Å². The molecule has 0 radical (unpaired) electrons. The maximum atomic E-state index is 3.91. The molecule has 1 aromatic heterocycles. The van der Waals surface area contributed by atoms with Gasteiger partial charge in [0.2, 0.25) is 0 Å². The zero-order valence-electron chi connectivity index (χ0n) is 5.61. The topological polar surface area (TPSA) is 17.8 Å². The number of hydrogen-bond acceptors (Lipinski definition) is 1. The molecular formula is C6H11ClN2. The number of halogens is 1. The molecule has 0 fully saturated rings. The van der Waals surface area contributed by atoms with E-state index in [2.05, 4.69) is 23.4 Å². The Labute approximate surface area is 61.3 Å². The molecule has 0 bridgehead atoms. The molecule has 0 aliphatic heterocycles. The Morgan fingerprint density at radius 3 is 2.33 bits per heavy atom. The molecule has 0 spiro atoms. The first-order valence-corrected chi connectivity index (χ1v) is 2.78. The van der Waals surface area contributed by atoms with E-state index in [0.717, 1.165) is 0 Å². The van der Waals surface area contributed by atoms with Crippen molar-refractivity contribution in [2.24, 2.45) is 0 Å². The van der Waals surface area contributed by atoms with Crippen molar-refractivity contribution in [1.29, 1.82) is 0 Å². The van der Waals surface area contributed by atoms with Gasteiger partial charge in [-0.05, 0) is 13.8 Å². The standard InChI is InChI=1S/C6H10N2.ClH/c1-6(2)8-4-3-7-5-8;/h3-6H,1-2H3;1H. The average Bonchev–Trinajstić information content (AvgIpc) is 2.12. The third-order valence-electron chi connectivity index (χ3n) is 1.12. The molecule has 0 unspecified atom stereocenters. The van der Waals surface area contributed by atoms with Crippen molar-refractivity contribution in [3.63, 3.8) is 0 Å². The first-order valence-electron chi connectivity index (χ1n) is 2.78. The van der Waals surface area contributed by atoms with Gasteiger partial charge in [0.05, 0.1) is 6.33 Å². The predicted octanol–water partition coefficient (Wildman–Crippen LogP) is 1.89. The monoisotopic (exact) mass is 146 g/mol. The van der Waals surface area contributed by atoms with Crippen LogP contribution in [0.25, 0.3) is 0 Å². The summed E-state index contributed by atoms with van der Waals surface area (Å²) in [5.41, 5.74) is 0. The summed E-state index contributed by atoms with van der Waals surface area (Å²) in [5, 5.41) is 0. The molecule has 1 heterocycles. The highest BCUT2D eigenvalue weighted by molar-refractivity contribution is 5.85. The maximum Gasteiger partial charge on any atom is 0.0948 e. The molecule has 0 saturated carbocycles. The summed E-state index contributed by atoms with van der Waals surface area (Å²) in [6.07, 6.45) is 5.58. The summed E-state index contributed by atoms with van der Waals surface area (Å²) in [7, 11) is 0. The van der Waals surface area contributed by atoms with Crippen LogP contribution in [0.15, 0.2) is 18.7 Å². The SMILES string of the molecule is CC(C)n1ccnc1.Cl. The molecule has 2 nitrogen and oxygen atoms in total. The molecule has 0 atom stereocenters. The molecule has 0 N–H and O–H groups in total. The van der Waals surface area contributed by atoms with Crippen LogP contribution in [0.2, 0.25) is 0 Å². The molecule has 0 amide bonds. The van der Waals surface area contributed by atoms with Gasteiger partial charge in [-0.1, -0.05) is 0 Å². The average molecular weight is 147 g/mol. The minimum Gasteiger partial charge on any atom is -0.335 e. The Bertz CT molecular complexity index is 146. The van der Waals surface area contributed by atoms with E-state index in [9.17, 15) is 0 Å². The summed E-state index contributed by atoms with van der Waals surface area (Å²) >= 11 is 0. The fourth-order valence-electron chi connectivity index (χ4n) is 0.575. The van der Waals surface area contributed by atoms with Gasteiger partial charge in [-0.2, -0.15) is 0 Å². The summed E-state index contributed by atoms with van der Waals surface area (Å²) < 4.78 is 2.06. The Kier molecular flexibility index (Phi) is 3.32. The Balaban J connectivity index is 0.000000640. The van der Waals surface area contributed by atoms with Crippen LogP contribution in [-0.4, -0.2) is 9.55 Å². The number of rotatable bonds is 1. The van der Waals surface area contributed by atoms with Crippen molar-refractivity contribution < 1.29 is 0 Å². The van der Waals surface area contributed by atoms with Crippen molar-refractivity contribution in [3.8, 4) is 0 Å². The zero-order chi connectivity index (χ0) is 5.98. The molecule has 9 heavy (non-hydrogen) atoms. The number of hydrogen-bond donors (Lipinski definition) is 0.